The van der Waals surface area contributed by atoms with Gasteiger partial charge in [-0.3, -0.25) is 9.48 Å². The van der Waals surface area contributed by atoms with Gasteiger partial charge < -0.3 is 10.6 Å². The van der Waals surface area contributed by atoms with Gasteiger partial charge in [0.1, 0.15) is 0 Å². The first-order valence-electron chi connectivity index (χ1n) is 10.0. The molecule has 4 rings (SSSR count). The summed E-state index contributed by atoms with van der Waals surface area (Å²) in [7, 11) is 1.88. The van der Waals surface area contributed by atoms with Gasteiger partial charge in [-0.25, -0.2) is 4.98 Å². The summed E-state index contributed by atoms with van der Waals surface area (Å²) >= 11 is 0. The number of carbonyl (C=O) groups is 1. The van der Waals surface area contributed by atoms with Crippen LogP contribution in [0, 0.1) is 6.92 Å². The van der Waals surface area contributed by atoms with Crippen molar-refractivity contribution in [3.8, 4) is 0 Å². The average molecular weight is 377 g/mol. The maximum absolute atomic E-state index is 13.1. The van der Waals surface area contributed by atoms with E-state index in [1.165, 1.54) is 19.3 Å². The maximum atomic E-state index is 13.1. The number of hydrogen-bond acceptors (Lipinski definition) is 4. The SMILES string of the molecule is Cc1nn(C)c2ncc(C(=O)NC3CCCCC3)c(NCc3ccccc3)c12. The molecule has 3 aromatic rings. The molecule has 0 radical (unpaired) electrons. The highest BCUT2D eigenvalue weighted by atomic mass is 16.1. The van der Waals surface area contributed by atoms with Gasteiger partial charge in [-0.15, -0.1) is 0 Å². The summed E-state index contributed by atoms with van der Waals surface area (Å²) in [6.07, 6.45) is 7.42. The van der Waals surface area contributed by atoms with Crippen LogP contribution in [0.1, 0.15) is 53.7 Å². The van der Waals surface area contributed by atoms with Crippen LogP contribution in [0.15, 0.2) is 36.5 Å². The first-order valence-corrected chi connectivity index (χ1v) is 10.0. The lowest BCUT2D eigenvalue weighted by Crippen LogP contribution is -2.36. The van der Waals surface area contributed by atoms with Crippen LogP contribution in [-0.2, 0) is 13.6 Å². The molecule has 2 aromatic heterocycles. The molecule has 28 heavy (non-hydrogen) atoms. The molecule has 0 aliphatic heterocycles. The fourth-order valence-electron chi connectivity index (χ4n) is 4.06. The Labute approximate surface area is 165 Å². The Morgan fingerprint density at radius 3 is 2.68 bits per heavy atom. The second kappa shape index (κ2) is 8.00. The minimum absolute atomic E-state index is 0.0554. The van der Waals surface area contributed by atoms with Gasteiger partial charge in [0, 0.05) is 25.8 Å². The number of anilines is 1. The second-order valence-corrected chi connectivity index (χ2v) is 7.60. The summed E-state index contributed by atoms with van der Waals surface area (Å²) in [5.74, 6) is -0.0554. The molecule has 1 aromatic carbocycles. The summed E-state index contributed by atoms with van der Waals surface area (Å²) in [4.78, 5) is 17.6. The number of aromatic nitrogens is 3. The zero-order chi connectivity index (χ0) is 19.5. The molecular weight excluding hydrogens is 350 g/mol. The number of hydrogen-bond donors (Lipinski definition) is 2. The van der Waals surface area contributed by atoms with Crippen molar-refractivity contribution < 1.29 is 4.79 Å². The van der Waals surface area contributed by atoms with Crippen LogP contribution in [0.3, 0.4) is 0 Å². The van der Waals surface area contributed by atoms with Crippen LogP contribution in [0.25, 0.3) is 11.0 Å². The van der Waals surface area contributed by atoms with Gasteiger partial charge in [0.15, 0.2) is 5.65 Å². The van der Waals surface area contributed by atoms with Crippen molar-refractivity contribution in [2.24, 2.45) is 7.05 Å². The molecule has 6 nitrogen and oxygen atoms in total. The van der Waals surface area contributed by atoms with Crippen molar-refractivity contribution >= 4 is 22.6 Å². The lowest BCUT2D eigenvalue weighted by atomic mass is 9.95. The van der Waals surface area contributed by atoms with Crippen molar-refractivity contribution in [3.63, 3.8) is 0 Å². The van der Waals surface area contributed by atoms with E-state index in [0.29, 0.717) is 12.1 Å². The van der Waals surface area contributed by atoms with E-state index in [4.69, 9.17) is 0 Å². The Hall–Kier alpha value is -2.89. The van der Waals surface area contributed by atoms with E-state index in [2.05, 4.69) is 32.8 Å². The Balaban J connectivity index is 1.68. The molecule has 2 N–H and O–H groups in total. The molecule has 146 valence electrons. The summed E-state index contributed by atoms with van der Waals surface area (Å²) in [5.41, 5.74) is 4.21. The average Bonchev–Trinajstić information content (AvgIpc) is 3.01. The first kappa shape index (κ1) is 18.5. The summed E-state index contributed by atoms with van der Waals surface area (Å²) < 4.78 is 1.77. The highest BCUT2D eigenvalue weighted by molar-refractivity contribution is 6.07. The molecule has 1 saturated carbocycles. The number of nitrogens with zero attached hydrogens (tertiary/aromatic N) is 3. The second-order valence-electron chi connectivity index (χ2n) is 7.60. The van der Waals surface area contributed by atoms with Crippen molar-refractivity contribution in [1.82, 2.24) is 20.1 Å². The number of nitrogens with one attached hydrogen (secondary N) is 2. The minimum atomic E-state index is -0.0554. The number of benzene rings is 1. The highest BCUT2D eigenvalue weighted by Gasteiger charge is 2.22. The van der Waals surface area contributed by atoms with Gasteiger partial charge in [0.05, 0.1) is 22.3 Å². The number of rotatable bonds is 5. The third-order valence-electron chi connectivity index (χ3n) is 5.52. The Kier molecular flexibility index (Phi) is 5.28. The predicted molar refractivity (Wildman–Crippen MR) is 111 cm³/mol. The van der Waals surface area contributed by atoms with Crippen molar-refractivity contribution in [1.29, 1.82) is 0 Å². The molecule has 1 fully saturated rings. The standard InChI is InChI=1S/C22H27N5O/c1-15-19-20(23-13-16-9-5-3-6-10-16)18(14-24-21(19)27(2)26-15)22(28)25-17-11-7-4-8-12-17/h3,5-6,9-10,14,17H,4,7-8,11-13H2,1-2H3,(H,23,24)(H,25,28). The van der Waals surface area contributed by atoms with Gasteiger partial charge in [-0.1, -0.05) is 49.6 Å². The van der Waals surface area contributed by atoms with E-state index in [1.807, 2.05) is 32.2 Å². The number of amides is 1. The van der Waals surface area contributed by atoms with Gasteiger partial charge >= 0.3 is 0 Å². The largest absolute Gasteiger partial charge is 0.380 e. The molecule has 0 saturated heterocycles. The van der Waals surface area contributed by atoms with Crippen molar-refractivity contribution in [2.75, 3.05) is 5.32 Å². The highest BCUT2D eigenvalue weighted by Crippen LogP contribution is 2.29. The van der Waals surface area contributed by atoms with E-state index < -0.39 is 0 Å². The third-order valence-corrected chi connectivity index (χ3v) is 5.52. The zero-order valence-electron chi connectivity index (χ0n) is 16.5. The molecule has 0 spiro atoms. The molecule has 0 unspecified atom stereocenters. The quantitative estimate of drug-likeness (QED) is 0.706. The number of aryl methyl sites for hydroxylation is 2. The van der Waals surface area contributed by atoms with Crippen LogP contribution in [-0.4, -0.2) is 26.7 Å². The first-order chi connectivity index (χ1) is 13.6. The lowest BCUT2D eigenvalue weighted by Gasteiger charge is -2.23. The Bertz CT molecular complexity index is 974. The van der Waals surface area contributed by atoms with Crippen LogP contribution in [0.4, 0.5) is 5.69 Å². The van der Waals surface area contributed by atoms with E-state index in [1.54, 1.807) is 10.9 Å². The fourth-order valence-corrected chi connectivity index (χ4v) is 4.06. The number of fused-ring (bicyclic) bond motifs is 1. The summed E-state index contributed by atoms with van der Waals surface area (Å²) in [5, 5.41) is 12.1. The minimum Gasteiger partial charge on any atom is -0.380 e. The van der Waals surface area contributed by atoms with Gasteiger partial charge in [0.2, 0.25) is 0 Å². The number of pyridine rings is 1. The molecule has 1 aliphatic carbocycles. The van der Waals surface area contributed by atoms with E-state index in [-0.39, 0.29) is 11.9 Å². The molecule has 6 heteroatoms. The number of carbonyl (C=O) groups excluding carboxylic acids is 1. The maximum Gasteiger partial charge on any atom is 0.255 e. The summed E-state index contributed by atoms with van der Waals surface area (Å²) in [6.45, 7) is 2.60. The smallest absolute Gasteiger partial charge is 0.255 e. The third kappa shape index (κ3) is 3.72. The van der Waals surface area contributed by atoms with Crippen molar-refractivity contribution in [2.45, 2.75) is 51.6 Å². The van der Waals surface area contributed by atoms with E-state index >= 15 is 0 Å². The van der Waals surface area contributed by atoms with Gasteiger partial charge in [-0.2, -0.15) is 5.10 Å². The Morgan fingerprint density at radius 1 is 1.18 bits per heavy atom. The molecule has 0 bridgehead atoms. The van der Waals surface area contributed by atoms with Crippen LogP contribution in [0.5, 0.6) is 0 Å². The topological polar surface area (TPSA) is 71.8 Å². The molecule has 1 amide bonds. The molecule has 0 atom stereocenters. The molecular formula is C22H27N5O. The van der Waals surface area contributed by atoms with Crippen LogP contribution in [0.2, 0.25) is 0 Å². The molecule has 1 aliphatic rings. The van der Waals surface area contributed by atoms with Crippen molar-refractivity contribution in [3.05, 3.63) is 53.3 Å². The lowest BCUT2D eigenvalue weighted by molar-refractivity contribution is 0.0928. The van der Waals surface area contributed by atoms with E-state index in [0.717, 1.165) is 40.8 Å². The van der Waals surface area contributed by atoms with E-state index in [9.17, 15) is 4.79 Å². The summed E-state index contributed by atoms with van der Waals surface area (Å²) in [6, 6.07) is 10.4. The van der Waals surface area contributed by atoms with Crippen LogP contribution < -0.4 is 10.6 Å². The monoisotopic (exact) mass is 377 g/mol. The van der Waals surface area contributed by atoms with Gasteiger partial charge in [-0.05, 0) is 25.3 Å². The molecule has 2 heterocycles. The fraction of sp³-hybridized carbons (Fsp3) is 0.409. The van der Waals surface area contributed by atoms with Crippen LogP contribution >= 0.6 is 0 Å². The normalized spacial score (nSPS) is 14.9. The van der Waals surface area contributed by atoms with Gasteiger partial charge in [0.25, 0.3) is 5.91 Å². The zero-order valence-corrected chi connectivity index (χ0v) is 16.5. The predicted octanol–water partition coefficient (Wildman–Crippen LogP) is 3.95. The Morgan fingerprint density at radius 2 is 1.93 bits per heavy atom.